The van der Waals surface area contributed by atoms with E-state index in [1.807, 2.05) is 0 Å². The Kier molecular flexibility index (Phi) is 4.40. The van der Waals surface area contributed by atoms with Crippen LogP contribution in [0.5, 0.6) is 0 Å². The Hall–Kier alpha value is -1.38. The van der Waals surface area contributed by atoms with Crippen molar-refractivity contribution in [2.24, 2.45) is 0 Å². The maximum absolute atomic E-state index is 12.3. The molecule has 0 aliphatic carbocycles. The predicted octanol–water partition coefficient (Wildman–Crippen LogP) is 3.63. The van der Waals surface area contributed by atoms with Crippen molar-refractivity contribution in [1.82, 2.24) is 0 Å². The molecule has 0 bridgehead atoms. The van der Waals surface area contributed by atoms with Gasteiger partial charge in [-0.25, -0.2) is 13.2 Å². The van der Waals surface area contributed by atoms with E-state index in [1.165, 1.54) is 12.1 Å². The van der Waals surface area contributed by atoms with Crippen LogP contribution in [0.4, 0.5) is 5.69 Å². The van der Waals surface area contributed by atoms with Crippen molar-refractivity contribution >= 4 is 48.9 Å². The number of anilines is 1. The largest absolute Gasteiger partial charge is 0.478 e. The molecule has 0 saturated heterocycles. The number of carboxylic acids is 1. The maximum Gasteiger partial charge on any atom is 0.335 e. The van der Waals surface area contributed by atoms with Gasteiger partial charge in [-0.3, -0.25) is 4.72 Å². The summed E-state index contributed by atoms with van der Waals surface area (Å²) in [5, 5.41) is 8.97. The number of nitrogens with one attached hydrogen (secondary N) is 1. The topological polar surface area (TPSA) is 83.5 Å². The van der Waals surface area contributed by atoms with E-state index < -0.39 is 16.0 Å². The van der Waals surface area contributed by atoms with E-state index in [-0.39, 0.29) is 15.5 Å². The first-order chi connectivity index (χ1) is 9.70. The first-order valence-electron chi connectivity index (χ1n) is 5.83. The fourth-order valence-electron chi connectivity index (χ4n) is 1.62. The van der Waals surface area contributed by atoms with E-state index in [2.05, 4.69) is 20.7 Å². The fourth-order valence-corrected chi connectivity index (χ4v) is 4.97. The summed E-state index contributed by atoms with van der Waals surface area (Å²) in [7, 11) is -3.73. The van der Waals surface area contributed by atoms with Crippen molar-refractivity contribution in [3.8, 4) is 0 Å². The van der Waals surface area contributed by atoms with Gasteiger partial charge in [0.2, 0.25) is 0 Å². The second-order valence-corrected chi connectivity index (χ2v) is 8.74. The molecule has 2 rings (SSSR count). The highest BCUT2D eigenvalue weighted by molar-refractivity contribution is 9.11. The van der Waals surface area contributed by atoms with Gasteiger partial charge in [0.05, 0.1) is 15.0 Å². The molecule has 0 radical (unpaired) electrons. The number of hydrogen-bond donors (Lipinski definition) is 2. The molecule has 0 amide bonds. The van der Waals surface area contributed by atoms with Gasteiger partial charge in [0.25, 0.3) is 10.0 Å². The van der Waals surface area contributed by atoms with Crippen LogP contribution in [0, 0.1) is 13.8 Å². The number of aryl methyl sites for hydroxylation is 2. The van der Waals surface area contributed by atoms with Gasteiger partial charge in [0, 0.05) is 0 Å². The average molecular weight is 390 g/mol. The number of thiophene rings is 1. The zero-order valence-electron chi connectivity index (χ0n) is 11.2. The average Bonchev–Trinajstić information content (AvgIpc) is 2.73. The number of carbonyl (C=O) groups is 1. The van der Waals surface area contributed by atoms with Crippen molar-refractivity contribution in [3.05, 3.63) is 44.7 Å². The molecule has 1 aromatic heterocycles. The number of aromatic carboxylic acids is 1. The molecule has 0 fully saturated rings. The van der Waals surface area contributed by atoms with Crippen LogP contribution in [-0.2, 0) is 10.0 Å². The van der Waals surface area contributed by atoms with Gasteiger partial charge >= 0.3 is 5.97 Å². The van der Waals surface area contributed by atoms with Gasteiger partial charge in [0.1, 0.15) is 4.21 Å². The lowest BCUT2D eigenvalue weighted by atomic mass is 10.1. The lowest BCUT2D eigenvalue weighted by Gasteiger charge is -2.10. The number of sulfonamides is 1. The normalized spacial score (nSPS) is 11.4. The van der Waals surface area contributed by atoms with Crippen LogP contribution >= 0.6 is 27.3 Å². The Morgan fingerprint density at radius 1 is 1.24 bits per heavy atom. The monoisotopic (exact) mass is 389 g/mol. The van der Waals surface area contributed by atoms with E-state index in [0.29, 0.717) is 5.56 Å². The van der Waals surface area contributed by atoms with Crippen molar-refractivity contribution in [2.75, 3.05) is 4.72 Å². The highest BCUT2D eigenvalue weighted by Gasteiger charge is 2.20. The molecule has 0 spiro atoms. The molecule has 21 heavy (non-hydrogen) atoms. The molecular weight excluding hydrogens is 378 g/mol. The lowest BCUT2D eigenvalue weighted by molar-refractivity contribution is 0.0697. The summed E-state index contributed by atoms with van der Waals surface area (Å²) in [5.74, 6) is -1.11. The molecule has 1 heterocycles. The van der Waals surface area contributed by atoms with Crippen molar-refractivity contribution in [1.29, 1.82) is 0 Å². The lowest BCUT2D eigenvalue weighted by Crippen LogP contribution is -2.13. The Bertz CT molecular complexity index is 792. The fraction of sp³-hybridized carbons (Fsp3) is 0.154. The van der Waals surface area contributed by atoms with Crippen LogP contribution in [-0.4, -0.2) is 19.5 Å². The van der Waals surface area contributed by atoms with Gasteiger partial charge in [-0.2, -0.15) is 0 Å². The summed E-state index contributed by atoms with van der Waals surface area (Å²) < 4.78 is 28.0. The molecule has 0 atom stereocenters. The van der Waals surface area contributed by atoms with Crippen LogP contribution in [0.2, 0.25) is 0 Å². The third kappa shape index (κ3) is 3.45. The molecule has 0 aliphatic rings. The van der Waals surface area contributed by atoms with Crippen LogP contribution in [0.25, 0.3) is 0 Å². The van der Waals surface area contributed by atoms with E-state index in [0.717, 1.165) is 20.7 Å². The van der Waals surface area contributed by atoms with E-state index in [1.54, 1.807) is 26.0 Å². The first-order valence-corrected chi connectivity index (χ1v) is 8.92. The van der Waals surface area contributed by atoms with Crippen LogP contribution in [0.1, 0.15) is 21.5 Å². The molecule has 112 valence electrons. The number of benzene rings is 1. The second kappa shape index (κ2) is 5.78. The van der Waals surface area contributed by atoms with Crippen molar-refractivity contribution in [2.45, 2.75) is 18.1 Å². The number of hydrogen-bond acceptors (Lipinski definition) is 4. The Labute approximate surface area is 134 Å². The minimum atomic E-state index is -3.73. The molecule has 1 aromatic carbocycles. The van der Waals surface area contributed by atoms with Gasteiger partial charge in [0.15, 0.2) is 0 Å². The zero-order chi connectivity index (χ0) is 15.8. The minimum absolute atomic E-state index is 0.0295. The first kappa shape index (κ1) is 16.0. The predicted molar refractivity (Wildman–Crippen MR) is 85.7 cm³/mol. The summed E-state index contributed by atoms with van der Waals surface area (Å²) in [5.41, 5.74) is 1.77. The standard InChI is InChI=1S/C13H12BrNO4S2/c1-7-3-4-9(13(16)17)6-10(7)15-21(18,19)11-5-8(2)12(14)20-11/h3-6,15H,1-2H3,(H,16,17). The molecule has 8 heteroatoms. The minimum Gasteiger partial charge on any atom is -0.478 e. The maximum atomic E-state index is 12.3. The Balaban J connectivity index is 2.41. The number of rotatable bonds is 4. The van der Waals surface area contributed by atoms with E-state index >= 15 is 0 Å². The zero-order valence-corrected chi connectivity index (χ0v) is 14.4. The van der Waals surface area contributed by atoms with Gasteiger partial charge in [-0.1, -0.05) is 6.07 Å². The second-order valence-electron chi connectivity index (χ2n) is 4.46. The van der Waals surface area contributed by atoms with Gasteiger partial charge < -0.3 is 5.11 Å². The SMILES string of the molecule is Cc1ccc(C(=O)O)cc1NS(=O)(=O)c1cc(C)c(Br)s1. The molecule has 2 N–H and O–H groups in total. The number of carboxylic acid groups (broad SMARTS) is 1. The molecule has 2 aromatic rings. The third-order valence-electron chi connectivity index (χ3n) is 2.83. The van der Waals surface area contributed by atoms with Crippen molar-refractivity contribution in [3.63, 3.8) is 0 Å². The smallest absolute Gasteiger partial charge is 0.335 e. The Morgan fingerprint density at radius 3 is 2.43 bits per heavy atom. The quantitative estimate of drug-likeness (QED) is 0.835. The molecule has 0 saturated carbocycles. The van der Waals surface area contributed by atoms with Crippen molar-refractivity contribution < 1.29 is 18.3 Å². The molecule has 0 aliphatic heterocycles. The van der Waals surface area contributed by atoms with Crippen LogP contribution < -0.4 is 4.72 Å². The van der Waals surface area contributed by atoms with Crippen LogP contribution in [0.3, 0.4) is 0 Å². The van der Waals surface area contributed by atoms with E-state index in [9.17, 15) is 13.2 Å². The summed E-state index contributed by atoms with van der Waals surface area (Å²) in [6.07, 6.45) is 0. The summed E-state index contributed by atoms with van der Waals surface area (Å²) >= 11 is 4.39. The highest BCUT2D eigenvalue weighted by Crippen LogP contribution is 2.32. The molecular formula is C13H12BrNO4S2. The molecule has 0 unspecified atom stereocenters. The van der Waals surface area contributed by atoms with Gasteiger partial charge in [-0.05, 0) is 59.1 Å². The molecule has 5 nitrogen and oxygen atoms in total. The van der Waals surface area contributed by atoms with E-state index in [4.69, 9.17) is 5.11 Å². The summed E-state index contributed by atoms with van der Waals surface area (Å²) in [4.78, 5) is 11.0. The Morgan fingerprint density at radius 2 is 1.90 bits per heavy atom. The van der Waals surface area contributed by atoms with Crippen LogP contribution in [0.15, 0.2) is 32.3 Å². The summed E-state index contributed by atoms with van der Waals surface area (Å²) in [6.45, 7) is 3.51. The third-order valence-corrected chi connectivity index (χ3v) is 6.80. The highest BCUT2D eigenvalue weighted by atomic mass is 79.9. The number of halogens is 1. The van der Waals surface area contributed by atoms with Gasteiger partial charge in [-0.15, -0.1) is 11.3 Å². The summed E-state index contributed by atoms with van der Waals surface area (Å²) in [6, 6.07) is 5.87.